The van der Waals surface area contributed by atoms with Gasteiger partial charge >= 0.3 is 6.18 Å². The first-order valence-electron chi connectivity index (χ1n) is 6.52. The van der Waals surface area contributed by atoms with Crippen molar-refractivity contribution < 1.29 is 18.0 Å². The minimum Gasteiger partial charge on any atom is -0.344 e. The van der Waals surface area contributed by atoms with Crippen LogP contribution in [0.2, 0.25) is 0 Å². The van der Waals surface area contributed by atoms with Crippen LogP contribution in [-0.2, 0) is 4.79 Å². The summed E-state index contributed by atoms with van der Waals surface area (Å²) < 4.78 is 37.0. The van der Waals surface area contributed by atoms with E-state index in [0.29, 0.717) is 32.5 Å². The number of amides is 1. The number of piperidine rings is 1. The summed E-state index contributed by atoms with van der Waals surface area (Å²) in [5, 5.41) is 2.94. The zero-order valence-corrected chi connectivity index (χ0v) is 11.5. The number of rotatable bonds is 5. The van der Waals surface area contributed by atoms with Gasteiger partial charge in [0.2, 0.25) is 5.91 Å². The monoisotopic (exact) mass is 281 g/mol. The highest BCUT2D eigenvalue weighted by Crippen LogP contribution is 2.23. The van der Waals surface area contributed by atoms with Gasteiger partial charge in [-0.1, -0.05) is 0 Å². The van der Waals surface area contributed by atoms with Crippen LogP contribution in [-0.4, -0.2) is 68.7 Å². The fourth-order valence-electron chi connectivity index (χ4n) is 2.36. The number of hydrogen-bond acceptors (Lipinski definition) is 3. The molecule has 1 rings (SSSR count). The molecule has 1 N–H and O–H groups in total. The quantitative estimate of drug-likeness (QED) is 0.814. The van der Waals surface area contributed by atoms with E-state index in [1.54, 1.807) is 19.0 Å². The lowest BCUT2D eigenvalue weighted by atomic mass is 9.96. The van der Waals surface area contributed by atoms with E-state index in [2.05, 4.69) is 5.32 Å². The van der Waals surface area contributed by atoms with Gasteiger partial charge in [-0.25, -0.2) is 0 Å². The topological polar surface area (TPSA) is 35.6 Å². The molecule has 0 radical (unpaired) electrons. The highest BCUT2D eigenvalue weighted by Gasteiger charge is 2.35. The molecular formula is C12H22F3N3O. The average Bonchev–Trinajstić information content (AvgIpc) is 2.33. The van der Waals surface area contributed by atoms with Crippen LogP contribution < -0.4 is 5.32 Å². The minimum atomic E-state index is -4.19. The van der Waals surface area contributed by atoms with Gasteiger partial charge in [0.15, 0.2) is 0 Å². The van der Waals surface area contributed by atoms with E-state index < -0.39 is 12.7 Å². The maximum Gasteiger partial charge on any atom is 0.401 e. The van der Waals surface area contributed by atoms with E-state index in [9.17, 15) is 18.0 Å². The molecule has 7 heteroatoms. The summed E-state index contributed by atoms with van der Waals surface area (Å²) in [6.07, 6.45) is -2.87. The van der Waals surface area contributed by atoms with Gasteiger partial charge in [-0.3, -0.25) is 9.69 Å². The lowest BCUT2D eigenvalue weighted by Gasteiger charge is -2.34. The average molecular weight is 281 g/mol. The van der Waals surface area contributed by atoms with Crippen molar-refractivity contribution in [2.45, 2.75) is 19.0 Å². The summed E-state index contributed by atoms with van der Waals surface area (Å²) >= 11 is 0. The highest BCUT2D eigenvalue weighted by atomic mass is 19.4. The Labute approximate surface area is 111 Å². The predicted molar refractivity (Wildman–Crippen MR) is 66.8 cm³/mol. The van der Waals surface area contributed by atoms with Crippen LogP contribution in [0.4, 0.5) is 13.2 Å². The van der Waals surface area contributed by atoms with Gasteiger partial charge in [0.05, 0.1) is 12.5 Å². The van der Waals surface area contributed by atoms with Crippen LogP contribution in [0.25, 0.3) is 0 Å². The highest BCUT2D eigenvalue weighted by molar-refractivity contribution is 5.78. The molecule has 0 aromatic carbocycles. The number of alkyl halides is 3. The van der Waals surface area contributed by atoms with Gasteiger partial charge < -0.3 is 10.2 Å². The molecule has 1 aliphatic rings. The normalized spacial score (nSPS) is 21.4. The maximum atomic E-state index is 12.3. The molecular weight excluding hydrogens is 259 g/mol. The molecule has 1 atom stereocenters. The Morgan fingerprint density at radius 1 is 1.47 bits per heavy atom. The smallest absolute Gasteiger partial charge is 0.344 e. The third kappa shape index (κ3) is 5.78. The van der Waals surface area contributed by atoms with Crippen LogP contribution in [0.3, 0.4) is 0 Å². The number of halogens is 3. The van der Waals surface area contributed by atoms with Crippen LogP contribution >= 0.6 is 0 Å². The van der Waals surface area contributed by atoms with Gasteiger partial charge in [-0.05, 0) is 26.4 Å². The Kier molecular flexibility index (Phi) is 6.06. The summed E-state index contributed by atoms with van der Waals surface area (Å²) in [6.45, 7) is 0.967. The molecule has 1 amide bonds. The fourth-order valence-corrected chi connectivity index (χ4v) is 2.36. The maximum absolute atomic E-state index is 12.3. The second-order valence-corrected chi connectivity index (χ2v) is 5.05. The molecule has 112 valence electrons. The van der Waals surface area contributed by atoms with E-state index in [0.717, 1.165) is 0 Å². The molecule has 1 unspecified atom stereocenters. The molecule has 0 bridgehead atoms. The number of likely N-dealkylation sites (tertiary alicyclic amines) is 1. The Morgan fingerprint density at radius 2 is 2.16 bits per heavy atom. The van der Waals surface area contributed by atoms with Crippen molar-refractivity contribution >= 4 is 5.91 Å². The first-order valence-corrected chi connectivity index (χ1v) is 6.52. The van der Waals surface area contributed by atoms with Crippen molar-refractivity contribution in [2.75, 3.05) is 46.8 Å². The van der Waals surface area contributed by atoms with Gasteiger partial charge in [-0.15, -0.1) is 0 Å². The Hall–Kier alpha value is -0.820. The van der Waals surface area contributed by atoms with Crippen molar-refractivity contribution in [1.29, 1.82) is 0 Å². The van der Waals surface area contributed by atoms with E-state index in [1.165, 1.54) is 4.90 Å². The van der Waals surface area contributed by atoms with Crippen molar-refractivity contribution in [3.05, 3.63) is 0 Å². The second kappa shape index (κ2) is 7.09. The van der Waals surface area contributed by atoms with Gasteiger partial charge in [0.1, 0.15) is 0 Å². The number of hydrogen-bond donors (Lipinski definition) is 1. The molecule has 19 heavy (non-hydrogen) atoms. The molecule has 1 aliphatic heterocycles. The SMILES string of the molecule is CNCCN(C)C(=O)C1CCCN(CC(F)(F)F)C1. The molecule has 0 spiro atoms. The van der Waals surface area contributed by atoms with Crippen molar-refractivity contribution in [3.63, 3.8) is 0 Å². The third-order valence-corrected chi connectivity index (χ3v) is 3.33. The van der Waals surface area contributed by atoms with Gasteiger partial charge in [0.25, 0.3) is 0 Å². The third-order valence-electron chi connectivity index (χ3n) is 3.33. The summed E-state index contributed by atoms with van der Waals surface area (Å²) in [4.78, 5) is 15.0. The summed E-state index contributed by atoms with van der Waals surface area (Å²) in [7, 11) is 3.49. The molecule has 0 saturated carbocycles. The van der Waals surface area contributed by atoms with Gasteiger partial charge in [-0.2, -0.15) is 13.2 Å². The van der Waals surface area contributed by atoms with Gasteiger partial charge in [0, 0.05) is 26.7 Å². The molecule has 0 aromatic heterocycles. The largest absolute Gasteiger partial charge is 0.401 e. The molecule has 1 heterocycles. The molecule has 0 aliphatic carbocycles. The minimum absolute atomic E-state index is 0.0536. The number of likely N-dealkylation sites (N-methyl/N-ethyl adjacent to an activating group) is 2. The molecule has 1 fully saturated rings. The first kappa shape index (κ1) is 16.2. The lowest BCUT2D eigenvalue weighted by molar-refractivity contribution is -0.154. The molecule has 1 saturated heterocycles. The Bertz CT molecular complexity index is 296. The van der Waals surface area contributed by atoms with Crippen LogP contribution in [0.15, 0.2) is 0 Å². The fraction of sp³-hybridized carbons (Fsp3) is 0.917. The van der Waals surface area contributed by atoms with E-state index in [-0.39, 0.29) is 18.4 Å². The number of carbonyl (C=O) groups is 1. The van der Waals surface area contributed by atoms with Crippen molar-refractivity contribution in [2.24, 2.45) is 5.92 Å². The van der Waals surface area contributed by atoms with E-state index >= 15 is 0 Å². The summed E-state index contributed by atoms with van der Waals surface area (Å²) in [5.41, 5.74) is 0. The number of carbonyl (C=O) groups excluding carboxylic acids is 1. The number of nitrogens with one attached hydrogen (secondary N) is 1. The van der Waals surface area contributed by atoms with E-state index in [4.69, 9.17) is 0 Å². The van der Waals surface area contributed by atoms with Crippen molar-refractivity contribution in [1.82, 2.24) is 15.1 Å². The van der Waals surface area contributed by atoms with Crippen molar-refractivity contribution in [3.8, 4) is 0 Å². The zero-order valence-electron chi connectivity index (χ0n) is 11.5. The first-order chi connectivity index (χ1) is 8.83. The standard InChI is InChI=1S/C12H22F3N3O/c1-16-5-7-17(2)11(19)10-4-3-6-18(8-10)9-12(13,14)15/h10,16H,3-9H2,1-2H3. The zero-order chi connectivity index (χ0) is 14.5. The number of nitrogens with zero attached hydrogens (tertiary/aromatic N) is 2. The molecule has 0 aromatic rings. The van der Waals surface area contributed by atoms with E-state index in [1.807, 2.05) is 0 Å². The summed E-state index contributed by atoms with van der Waals surface area (Å²) in [5.74, 6) is -0.361. The molecule has 4 nitrogen and oxygen atoms in total. The van der Waals surface area contributed by atoms with Crippen LogP contribution in [0, 0.1) is 5.92 Å². The predicted octanol–water partition coefficient (Wildman–Crippen LogP) is 0.938. The summed E-state index contributed by atoms with van der Waals surface area (Å²) in [6, 6.07) is 0. The van der Waals surface area contributed by atoms with Crippen LogP contribution in [0.1, 0.15) is 12.8 Å². The lowest BCUT2D eigenvalue weighted by Crippen LogP contribution is -2.47. The second-order valence-electron chi connectivity index (χ2n) is 5.05. The van der Waals surface area contributed by atoms with Crippen LogP contribution in [0.5, 0.6) is 0 Å². The Balaban J connectivity index is 2.47. The Morgan fingerprint density at radius 3 is 2.74 bits per heavy atom.